The summed E-state index contributed by atoms with van der Waals surface area (Å²) in [5, 5.41) is 0. The lowest BCUT2D eigenvalue weighted by Gasteiger charge is -2.30. The number of hydrogen-bond donors (Lipinski definition) is 1. The van der Waals surface area contributed by atoms with Gasteiger partial charge < -0.3 is 14.3 Å². The van der Waals surface area contributed by atoms with E-state index < -0.39 is 0 Å². The van der Waals surface area contributed by atoms with Gasteiger partial charge in [0, 0.05) is 25.0 Å². The van der Waals surface area contributed by atoms with Crippen molar-refractivity contribution in [3.63, 3.8) is 0 Å². The van der Waals surface area contributed by atoms with Crippen molar-refractivity contribution in [1.82, 2.24) is 19.9 Å². The van der Waals surface area contributed by atoms with Crippen molar-refractivity contribution < 1.29 is 9.21 Å². The van der Waals surface area contributed by atoms with Gasteiger partial charge in [0.1, 0.15) is 5.52 Å². The number of nitrogens with zero attached hydrogens (tertiary/aromatic N) is 3. The molecule has 1 amide bonds. The lowest BCUT2D eigenvalue weighted by atomic mass is 9.98. The molecular formula is C17H18N4O2. The number of carbonyl (C=O) groups is 1. The summed E-state index contributed by atoms with van der Waals surface area (Å²) in [6.45, 7) is 3.25. The number of oxazole rings is 1. The molecule has 1 saturated heterocycles. The summed E-state index contributed by atoms with van der Waals surface area (Å²) in [6, 6.07) is 7.75. The molecule has 2 aromatic heterocycles. The molecule has 118 valence electrons. The minimum Gasteiger partial charge on any atom is -0.440 e. The van der Waals surface area contributed by atoms with Crippen molar-refractivity contribution >= 4 is 17.0 Å². The van der Waals surface area contributed by atoms with E-state index in [0.717, 1.165) is 42.1 Å². The van der Waals surface area contributed by atoms with Crippen LogP contribution in [0.3, 0.4) is 0 Å². The quantitative estimate of drug-likeness (QED) is 0.789. The second-order valence-corrected chi connectivity index (χ2v) is 6.02. The van der Waals surface area contributed by atoms with E-state index in [9.17, 15) is 4.79 Å². The zero-order valence-electron chi connectivity index (χ0n) is 13.0. The number of aromatic amines is 1. The summed E-state index contributed by atoms with van der Waals surface area (Å²) in [5.41, 5.74) is 2.56. The number of piperidine rings is 1. The molecular weight excluding hydrogens is 292 g/mol. The van der Waals surface area contributed by atoms with Gasteiger partial charge in [-0.3, -0.25) is 4.79 Å². The monoisotopic (exact) mass is 310 g/mol. The highest BCUT2D eigenvalue weighted by molar-refractivity contribution is 5.90. The van der Waals surface area contributed by atoms with Gasteiger partial charge in [-0.25, -0.2) is 9.97 Å². The zero-order chi connectivity index (χ0) is 15.8. The van der Waals surface area contributed by atoms with Crippen molar-refractivity contribution in [3.05, 3.63) is 47.9 Å². The minimum atomic E-state index is -0.0566. The van der Waals surface area contributed by atoms with Crippen LogP contribution in [0.2, 0.25) is 0 Å². The highest BCUT2D eigenvalue weighted by atomic mass is 16.3. The van der Waals surface area contributed by atoms with Crippen LogP contribution in [0.5, 0.6) is 0 Å². The molecule has 3 aromatic rings. The van der Waals surface area contributed by atoms with Gasteiger partial charge in [0.25, 0.3) is 5.91 Å². The van der Waals surface area contributed by atoms with Crippen LogP contribution in [0.4, 0.5) is 0 Å². The molecule has 6 heteroatoms. The Kier molecular flexibility index (Phi) is 3.37. The van der Waals surface area contributed by atoms with Crippen LogP contribution in [0.1, 0.15) is 41.0 Å². The smallest absolute Gasteiger partial charge is 0.289 e. The minimum absolute atomic E-state index is 0.0566. The maximum atomic E-state index is 12.5. The first kappa shape index (κ1) is 14.0. The Morgan fingerprint density at radius 3 is 3.04 bits per heavy atom. The first-order chi connectivity index (χ1) is 11.2. The van der Waals surface area contributed by atoms with Crippen molar-refractivity contribution in [2.24, 2.45) is 0 Å². The number of likely N-dealkylation sites (tertiary alicyclic amines) is 1. The predicted molar refractivity (Wildman–Crippen MR) is 85.2 cm³/mol. The molecule has 0 bridgehead atoms. The third-order valence-electron chi connectivity index (χ3n) is 4.27. The number of para-hydroxylation sites is 2. The fourth-order valence-corrected chi connectivity index (χ4v) is 3.10. The highest BCUT2D eigenvalue weighted by Crippen LogP contribution is 2.29. The molecule has 1 aromatic carbocycles. The van der Waals surface area contributed by atoms with Crippen LogP contribution < -0.4 is 0 Å². The van der Waals surface area contributed by atoms with Crippen molar-refractivity contribution in [3.8, 4) is 0 Å². The Bertz CT molecular complexity index is 818. The fraction of sp³-hybridized carbons (Fsp3) is 0.353. The van der Waals surface area contributed by atoms with E-state index in [2.05, 4.69) is 15.0 Å². The van der Waals surface area contributed by atoms with E-state index in [-0.39, 0.29) is 11.8 Å². The van der Waals surface area contributed by atoms with Gasteiger partial charge >= 0.3 is 0 Å². The number of aryl methyl sites for hydroxylation is 1. The molecule has 4 rings (SSSR count). The SMILES string of the molecule is Cc1cnc(C(=O)N2CCCC(c3nc4ccccc4o3)C2)[nH]1. The number of amides is 1. The summed E-state index contributed by atoms with van der Waals surface area (Å²) >= 11 is 0. The molecule has 23 heavy (non-hydrogen) atoms. The zero-order valence-corrected chi connectivity index (χ0v) is 13.0. The van der Waals surface area contributed by atoms with Gasteiger partial charge in [0.2, 0.25) is 0 Å². The Hall–Kier alpha value is -2.63. The van der Waals surface area contributed by atoms with Gasteiger partial charge in [-0.2, -0.15) is 0 Å². The predicted octanol–water partition coefficient (Wildman–Crippen LogP) is 2.88. The van der Waals surface area contributed by atoms with E-state index in [0.29, 0.717) is 12.4 Å². The Morgan fingerprint density at radius 2 is 2.26 bits per heavy atom. The van der Waals surface area contributed by atoms with Gasteiger partial charge in [-0.1, -0.05) is 12.1 Å². The standard InChI is InChI=1S/C17H18N4O2/c1-11-9-18-15(19-11)17(22)21-8-4-5-12(10-21)16-20-13-6-2-3-7-14(13)23-16/h2-3,6-7,9,12H,4-5,8,10H2,1H3,(H,18,19). The molecule has 1 fully saturated rings. The van der Waals surface area contributed by atoms with E-state index in [1.165, 1.54) is 0 Å². The first-order valence-electron chi connectivity index (χ1n) is 7.87. The summed E-state index contributed by atoms with van der Waals surface area (Å²) in [7, 11) is 0. The fourth-order valence-electron chi connectivity index (χ4n) is 3.10. The van der Waals surface area contributed by atoms with Crippen LogP contribution >= 0.6 is 0 Å². The van der Waals surface area contributed by atoms with E-state index in [1.54, 1.807) is 6.20 Å². The van der Waals surface area contributed by atoms with Crippen LogP contribution in [0, 0.1) is 6.92 Å². The maximum Gasteiger partial charge on any atom is 0.289 e. The van der Waals surface area contributed by atoms with E-state index >= 15 is 0 Å². The van der Waals surface area contributed by atoms with Gasteiger partial charge in [-0.15, -0.1) is 0 Å². The van der Waals surface area contributed by atoms with Crippen LogP contribution in [-0.4, -0.2) is 38.8 Å². The number of imidazole rings is 1. The molecule has 0 saturated carbocycles. The molecule has 0 radical (unpaired) electrons. The van der Waals surface area contributed by atoms with Crippen molar-refractivity contribution in [2.45, 2.75) is 25.7 Å². The molecule has 6 nitrogen and oxygen atoms in total. The topological polar surface area (TPSA) is 75.0 Å². The number of nitrogens with one attached hydrogen (secondary N) is 1. The molecule has 0 spiro atoms. The third-order valence-corrected chi connectivity index (χ3v) is 4.27. The number of carbonyl (C=O) groups excluding carboxylic acids is 1. The van der Waals surface area contributed by atoms with Crippen LogP contribution in [0.15, 0.2) is 34.9 Å². The normalized spacial score (nSPS) is 18.5. The van der Waals surface area contributed by atoms with E-state index in [1.807, 2.05) is 36.1 Å². The second kappa shape index (κ2) is 5.53. The third kappa shape index (κ3) is 2.60. The average molecular weight is 310 g/mol. The first-order valence-corrected chi connectivity index (χ1v) is 7.87. The maximum absolute atomic E-state index is 12.5. The van der Waals surface area contributed by atoms with Crippen molar-refractivity contribution in [2.75, 3.05) is 13.1 Å². The van der Waals surface area contributed by atoms with Gasteiger partial charge in [0.15, 0.2) is 17.3 Å². The molecule has 1 N–H and O–H groups in total. The molecule has 1 aliphatic heterocycles. The highest BCUT2D eigenvalue weighted by Gasteiger charge is 2.29. The summed E-state index contributed by atoms with van der Waals surface area (Å²) in [6.07, 6.45) is 3.60. The number of benzene rings is 1. The lowest BCUT2D eigenvalue weighted by Crippen LogP contribution is -2.39. The lowest BCUT2D eigenvalue weighted by molar-refractivity contribution is 0.0687. The Balaban J connectivity index is 1.55. The Morgan fingerprint density at radius 1 is 1.39 bits per heavy atom. The van der Waals surface area contributed by atoms with E-state index in [4.69, 9.17) is 4.42 Å². The molecule has 0 aliphatic carbocycles. The number of H-pyrrole nitrogens is 1. The number of rotatable bonds is 2. The Labute approximate surface area is 133 Å². The van der Waals surface area contributed by atoms with Gasteiger partial charge in [0.05, 0.1) is 5.92 Å². The summed E-state index contributed by atoms with van der Waals surface area (Å²) in [5.74, 6) is 1.20. The average Bonchev–Trinajstić information content (AvgIpc) is 3.20. The summed E-state index contributed by atoms with van der Waals surface area (Å²) in [4.78, 5) is 26.1. The molecule has 3 heterocycles. The number of fused-ring (bicyclic) bond motifs is 1. The second-order valence-electron chi connectivity index (χ2n) is 6.02. The van der Waals surface area contributed by atoms with Crippen LogP contribution in [0.25, 0.3) is 11.1 Å². The number of aromatic nitrogens is 3. The number of hydrogen-bond acceptors (Lipinski definition) is 4. The van der Waals surface area contributed by atoms with Crippen LogP contribution in [-0.2, 0) is 0 Å². The molecule has 1 aliphatic rings. The largest absolute Gasteiger partial charge is 0.440 e. The van der Waals surface area contributed by atoms with Crippen molar-refractivity contribution in [1.29, 1.82) is 0 Å². The van der Waals surface area contributed by atoms with Gasteiger partial charge in [-0.05, 0) is 31.9 Å². The molecule has 1 atom stereocenters. The molecule has 1 unspecified atom stereocenters. The summed E-state index contributed by atoms with van der Waals surface area (Å²) < 4.78 is 5.87.